The maximum atomic E-state index is 11.8. The normalized spacial score (nSPS) is 11.1. The highest BCUT2D eigenvalue weighted by atomic mass is 32.2. The zero-order valence-corrected chi connectivity index (χ0v) is 11.3. The van der Waals surface area contributed by atoms with E-state index in [4.69, 9.17) is 5.14 Å². The summed E-state index contributed by atoms with van der Waals surface area (Å²) in [6, 6.07) is 11.1. The van der Waals surface area contributed by atoms with Crippen LogP contribution in [0.5, 0.6) is 0 Å². The van der Waals surface area contributed by atoms with Gasteiger partial charge in [-0.2, -0.15) is 0 Å². The smallest absolute Gasteiger partial charge is 0.238 e. The molecular weight excluding hydrogens is 278 g/mol. The van der Waals surface area contributed by atoms with Crippen LogP contribution in [-0.4, -0.2) is 19.3 Å². The molecule has 6 nitrogen and oxygen atoms in total. The Morgan fingerprint density at radius 3 is 2.65 bits per heavy atom. The van der Waals surface area contributed by atoms with Gasteiger partial charge in [0.25, 0.3) is 0 Å². The molecule has 20 heavy (non-hydrogen) atoms. The van der Waals surface area contributed by atoms with E-state index in [1.54, 1.807) is 30.5 Å². The second kappa shape index (κ2) is 5.81. The summed E-state index contributed by atoms with van der Waals surface area (Å²) in [5.74, 6) is -0.282. The number of carbonyl (C=O) groups is 1. The number of sulfonamides is 1. The van der Waals surface area contributed by atoms with E-state index in [0.717, 1.165) is 0 Å². The molecule has 0 unspecified atom stereocenters. The summed E-state index contributed by atoms with van der Waals surface area (Å²) in [5, 5.41) is 7.63. The molecule has 104 valence electrons. The molecule has 0 saturated carbocycles. The number of pyridine rings is 1. The fourth-order valence-electron chi connectivity index (χ4n) is 1.62. The van der Waals surface area contributed by atoms with Crippen molar-refractivity contribution in [2.24, 2.45) is 5.14 Å². The fourth-order valence-corrected chi connectivity index (χ4v) is 2.18. The number of nitrogens with one attached hydrogen (secondary N) is 1. The molecule has 0 aliphatic rings. The van der Waals surface area contributed by atoms with Crippen molar-refractivity contribution in [1.29, 1.82) is 0 Å². The maximum Gasteiger partial charge on any atom is 0.238 e. The van der Waals surface area contributed by atoms with Gasteiger partial charge in [0, 0.05) is 17.6 Å². The van der Waals surface area contributed by atoms with Gasteiger partial charge >= 0.3 is 0 Å². The quantitative estimate of drug-likeness (QED) is 0.874. The number of amides is 1. The lowest BCUT2D eigenvalue weighted by Gasteiger charge is -2.06. The van der Waals surface area contributed by atoms with E-state index in [-0.39, 0.29) is 17.2 Å². The fraction of sp³-hybridized carbons (Fsp3) is 0.0769. The molecule has 0 fully saturated rings. The lowest BCUT2D eigenvalue weighted by molar-refractivity contribution is -0.115. The van der Waals surface area contributed by atoms with Gasteiger partial charge in [-0.3, -0.25) is 9.78 Å². The molecule has 0 aliphatic heterocycles. The van der Waals surface area contributed by atoms with Crippen molar-refractivity contribution >= 4 is 21.6 Å². The monoisotopic (exact) mass is 291 g/mol. The molecule has 0 spiro atoms. The zero-order chi connectivity index (χ0) is 14.6. The summed E-state index contributed by atoms with van der Waals surface area (Å²) in [5.41, 5.74) is 1.00. The van der Waals surface area contributed by atoms with Crippen LogP contribution in [0.3, 0.4) is 0 Å². The average molecular weight is 291 g/mol. The molecule has 7 heteroatoms. The van der Waals surface area contributed by atoms with Gasteiger partial charge in [0.2, 0.25) is 15.9 Å². The first-order valence-corrected chi connectivity index (χ1v) is 7.32. The number of benzene rings is 1. The molecule has 3 N–H and O–H groups in total. The van der Waals surface area contributed by atoms with Crippen LogP contribution in [0.15, 0.2) is 53.6 Å². The molecule has 0 bridgehead atoms. The summed E-state index contributed by atoms with van der Waals surface area (Å²) in [6.07, 6.45) is 1.71. The molecule has 0 aliphatic carbocycles. The van der Waals surface area contributed by atoms with Gasteiger partial charge in [0.1, 0.15) is 0 Å². The van der Waals surface area contributed by atoms with E-state index >= 15 is 0 Å². The Balaban J connectivity index is 2.09. The Bertz CT molecular complexity index is 715. The third-order valence-electron chi connectivity index (χ3n) is 2.51. The third-order valence-corrected chi connectivity index (χ3v) is 3.43. The summed E-state index contributed by atoms with van der Waals surface area (Å²) in [7, 11) is -3.78. The number of nitrogens with zero attached hydrogens (tertiary/aromatic N) is 1. The predicted octanol–water partition coefficient (Wildman–Crippen LogP) is 0.910. The van der Waals surface area contributed by atoms with Crippen LogP contribution in [0, 0.1) is 0 Å². The Kier molecular flexibility index (Phi) is 4.11. The third kappa shape index (κ3) is 3.87. The van der Waals surface area contributed by atoms with Crippen molar-refractivity contribution in [1.82, 2.24) is 4.98 Å². The standard InChI is InChI=1S/C13H13N3O3S/c14-20(18,19)12-6-3-5-11(8-12)16-13(17)9-10-4-1-2-7-15-10/h1-8H,9H2,(H,16,17)(H2,14,18,19). The highest BCUT2D eigenvalue weighted by molar-refractivity contribution is 7.89. The second-order valence-electron chi connectivity index (χ2n) is 4.12. The Morgan fingerprint density at radius 2 is 2.00 bits per heavy atom. The minimum absolute atomic E-state index is 0.0480. The van der Waals surface area contributed by atoms with Crippen molar-refractivity contribution in [3.05, 3.63) is 54.4 Å². The second-order valence-corrected chi connectivity index (χ2v) is 5.68. The van der Waals surface area contributed by atoms with Crippen LogP contribution in [0.4, 0.5) is 5.69 Å². The number of anilines is 1. The van der Waals surface area contributed by atoms with Gasteiger partial charge in [0.15, 0.2) is 0 Å². The molecule has 2 aromatic rings. The number of carbonyl (C=O) groups excluding carboxylic acids is 1. The molecule has 0 saturated heterocycles. The largest absolute Gasteiger partial charge is 0.326 e. The zero-order valence-electron chi connectivity index (χ0n) is 10.5. The van der Waals surface area contributed by atoms with Crippen LogP contribution in [-0.2, 0) is 21.2 Å². The van der Waals surface area contributed by atoms with Crippen LogP contribution in [0.1, 0.15) is 5.69 Å². The summed E-state index contributed by atoms with van der Waals surface area (Å²) in [4.78, 5) is 15.8. The van der Waals surface area contributed by atoms with E-state index in [2.05, 4.69) is 10.3 Å². The Labute approximate surface area is 116 Å². The number of hydrogen-bond acceptors (Lipinski definition) is 4. The van der Waals surface area contributed by atoms with Crippen LogP contribution < -0.4 is 10.5 Å². The molecule has 2 rings (SSSR count). The first-order chi connectivity index (χ1) is 9.45. The lowest BCUT2D eigenvalue weighted by Crippen LogP contribution is -2.16. The molecule has 1 amide bonds. The van der Waals surface area contributed by atoms with Gasteiger partial charge in [-0.15, -0.1) is 0 Å². The summed E-state index contributed by atoms with van der Waals surface area (Å²) < 4.78 is 22.4. The van der Waals surface area contributed by atoms with Gasteiger partial charge in [0.05, 0.1) is 11.3 Å². The number of primary sulfonamides is 1. The summed E-state index contributed by atoms with van der Waals surface area (Å²) >= 11 is 0. The van der Waals surface area contributed by atoms with Gasteiger partial charge < -0.3 is 5.32 Å². The molecule has 1 heterocycles. The Morgan fingerprint density at radius 1 is 1.20 bits per heavy atom. The average Bonchev–Trinajstić information content (AvgIpc) is 2.39. The van der Waals surface area contributed by atoms with Crippen molar-refractivity contribution in [2.75, 3.05) is 5.32 Å². The molecule has 1 aromatic heterocycles. The van der Waals surface area contributed by atoms with E-state index in [1.807, 2.05) is 0 Å². The molecular formula is C13H13N3O3S. The Hall–Kier alpha value is -2.25. The number of hydrogen-bond donors (Lipinski definition) is 2. The van der Waals surface area contributed by atoms with Gasteiger partial charge in [-0.05, 0) is 30.3 Å². The van der Waals surface area contributed by atoms with E-state index in [1.165, 1.54) is 18.2 Å². The number of aromatic nitrogens is 1. The number of rotatable bonds is 4. The first kappa shape index (κ1) is 14.2. The van der Waals surface area contributed by atoms with Crippen molar-refractivity contribution in [3.63, 3.8) is 0 Å². The molecule has 0 radical (unpaired) electrons. The van der Waals surface area contributed by atoms with Crippen LogP contribution in [0.2, 0.25) is 0 Å². The van der Waals surface area contributed by atoms with Crippen molar-refractivity contribution in [2.45, 2.75) is 11.3 Å². The van der Waals surface area contributed by atoms with E-state index < -0.39 is 10.0 Å². The van der Waals surface area contributed by atoms with Gasteiger partial charge in [-0.1, -0.05) is 12.1 Å². The van der Waals surface area contributed by atoms with E-state index in [0.29, 0.717) is 11.4 Å². The van der Waals surface area contributed by atoms with Gasteiger partial charge in [-0.25, -0.2) is 13.6 Å². The highest BCUT2D eigenvalue weighted by Gasteiger charge is 2.10. The lowest BCUT2D eigenvalue weighted by atomic mass is 10.2. The maximum absolute atomic E-state index is 11.8. The summed E-state index contributed by atoms with van der Waals surface area (Å²) in [6.45, 7) is 0. The highest BCUT2D eigenvalue weighted by Crippen LogP contribution is 2.14. The molecule has 1 aromatic carbocycles. The number of nitrogens with two attached hydrogens (primary N) is 1. The minimum Gasteiger partial charge on any atom is -0.326 e. The topological polar surface area (TPSA) is 102 Å². The molecule has 0 atom stereocenters. The van der Waals surface area contributed by atoms with Crippen LogP contribution >= 0.6 is 0 Å². The van der Waals surface area contributed by atoms with E-state index in [9.17, 15) is 13.2 Å². The van der Waals surface area contributed by atoms with Crippen molar-refractivity contribution in [3.8, 4) is 0 Å². The van der Waals surface area contributed by atoms with Crippen molar-refractivity contribution < 1.29 is 13.2 Å². The van der Waals surface area contributed by atoms with Crippen LogP contribution in [0.25, 0.3) is 0 Å². The SMILES string of the molecule is NS(=O)(=O)c1cccc(NC(=O)Cc2ccccn2)c1. The minimum atomic E-state index is -3.78. The predicted molar refractivity (Wildman–Crippen MR) is 74.4 cm³/mol. The first-order valence-electron chi connectivity index (χ1n) is 5.78.